The van der Waals surface area contributed by atoms with Gasteiger partial charge in [0, 0.05) is 22.4 Å². The Morgan fingerprint density at radius 3 is 3.00 bits per heavy atom. The van der Waals surface area contributed by atoms with E-state index in [0.717, 1.165) is 23.8 Å². The van der Waals surface area contributed by atoms with Gasteiger partial charge in [-0.05, 0) is 31.2 Å². The lowest BCUT2D eigenvalue weighted by molar-refractivity contribution is -0.385. The first-order valence-electron chi connectivity index (χ1n) is 8.60. The summed E-state index contributed by atoms with van der Waals surface area (Å²) < 4.78 is 3.58. The largest absolute Gasteiger partial charge is 0.307 e. The van der Waals surface area contributed by atoms with E-state index in [0.29, 0.717) is 12.4 Å². The van der Waals surface area contributed by atoms with E-state index >= 15 is 0 Å². The zero-order valence-electron chi connectivity index (χ0n) is 14.6. The van der Waals surface area contributed by atoms with Crippen molar-refractivity contribution in [2.75, 3.05) is 0 Å². The molecule has 0 amide bonds. The molecule has 140 valence electrons. The van der Waals surface area contributed by atoms with Crippen LogP contribution in [0.1, 0.15) is 23.3 Å². The fourth-order valence-electron chi connectivity index (χ4n) is 3.21. The van der Waals surface area contributed by atoms with E-state index in [1.54, 1.807) is 11.3 Å². The SMILES string of the molecule is C=CCn1c(SCn2cc([N+](=O)[O-])cn2)nnc1-c1csc2c1CCCC2. The molecule has 0 aliphatic heterocycles. The summed E-state index contributed by atoms with van der Waals surface area (Å²) in [6, 6.07) is 0. The number of nitro groups is 1. The van der Waals surface area contributed by atoms with Crippen LogP contribution in [0.2, 0.25) is 0 Å². The van der Waals surface area contributed by atoms with Crippen molar-refractivity contribution in [3.63, 3.8) is 0 Å². The Kier molecular flexibility index (Phi) is 5.08. The summed E-state index contributed by atoms with van der Waals surface area (Å²) in [6.45, 7) is 4.46. The van der Waals surface area contributed by atoms with Crippen LogP contribution in [-0.2, 0) is 25.3 Å². The predicted molar refractivity (Wildman–Crippen MR) is 105 cm³/mol. The molecule has 4 rings (SSSR count). The summed E-state index contributed by atoms with van der Waals surface area (Å²) in [5, 5.41) is 26.5. The lowest BCUT2D eigenvalue weighted by atomic mass is 9.95. The fraction of sp³-hybridized carbons (Fsp3) is 0.353. The van der Waals surface area contributed by atoms with Crippen LogP contribution in [0.15, 0.2) is 35.6 Å². The van der Waals surface area contributed by atoms with Crippen LogP contribution in [0.3, 0.4) is 0 Å². The normalized spacial score (nSPS) is 13.5. The van der Waals surface area contributed by atoms with Gasteiger partial charge in [-0.15, -0.1) is 28.1 Å². The van der Waals surface area contributed by atoms with Gasteiger partial charge >= 0.3 is 5.69 Å². The first-order chi connectivity index (χ1) is 13.2. The Balaban J connectivity index is 1.59. The zero-order chi connectivity index (χ0) is 18.8. The van der Waals surface area contributed by atoms with Crippen molar-refractivity contribution in [1.29, 1.82) is 0 Å². The molecule has 3 aromatic rings. The van der Waals surface area contributed by atoms with Gasteiger partial charge in [-0.1, -0.05) is 17.8 Å². The van der Waals surface area contributed by atoms with Crippen LogP contribution >= 0.6 is 23.1 Å². The van der Waals surface area contributed by atoms with Crippen molar-refractivity contribution in [2.45, 2.75) is 43.3 Å². The molecular formula is C17H18N6O2S2. The van der Waals surface area contributed by atoms with Crippen LogP contribution in [0.5, 0.6) is 0 Å². The fourth-order valence-corrected chi connectivity index (χ4v) is 5.14. The van der Waals surface area contributed by atoms with E-state index < -0.39 is 4.92 Å². The number of rotatable bonds is 7. The molecule has 27 heavy (non-hydrogen) atoms. The third-order valence-electron chi connectivity index (χ3n) is 4.49. The zero-order valence-corrected chi connectivity index (χ0v) is 16.2. The van der Waals surface area contributed by atoms with Crippen molar-refractivity contribution in [1.82, 2.24) is 24.5 Å². The van der Waals surface area contributed by atoms with Crippen LogP contribution < -0.4 is 0 Å². The summed E-state index contributed by atoms with van der Waals surface area (Å²) in [4.78, 5) is 11.8. The lowest BCUT2D eigenvalue weighted by Gasteiger charge is -2.13. The summed E-state index contributed by atoms with van der Waals surface area (Å²) in [5.41, 5.74) is 2.56. The molecule has 0 saturated carbocycles. The minimum atomic E-state index is -0.452. The van der Waals surface area contributed by atoms with Crippen LogP contribution in [0.25, 0.3) is 11.4 Å². The Morgan fingerprint density at radius 1 is 1.37 bits per heavy atom. The molecule has 1 aliphatic carbocycles. The van der Waals surface area contributed by atoms with E-state index in [4.69, 9.17) is 0 Å². The predicted octanol–water partition coefficient (Wildman–Crippen LogP) is 3.93. The maximum absolute atomic E-state index is 10.8. The minimum absolute atomic E-state index is 0.0197. The number of fused-ring (bicyclic) bond motifs is 1. The van der Waals surface area contributed by atoms with Gasteiger partial charge in [0.1, 0.15) is 12.4 Å². The quantitative estimate of drug-likeness (QED) is 0.257. The van der Waals surface area contributed by atoms with Crippen LogP contribution in [0.4, 0.5) is 5.69 Å². The van der Waals surface area contributed by atoms with E-state index in [1.807, 2.05) is 10.6 Å². The molecular weight excluding hydrogens is 384 g/mol. The molecule has 0 fully saturated rings. The molecule has 0 atom stereocenters. The molecule has 0 radical (unpaired) electrons. The number of hydrogen-bond donors (Lipinski definition) is 0. The number of nitrogens with zero attached hydrogens (tertiary/aromatic N) is 6. The third kappa shape index (κ3) is 3.54. The molecule has 0 saturated heterocycles. The number of thioether (sulfide) groups is 1. The highest BCUT2D eigenvalue weighted by Gasteiger charge is 2.22. The van der Waals surface area contributed by atoms with Gasteiger partial charge < -0.3 is 0 Å². The van der Waals surface area contributed by atoms with Crippen molar-refractivity contribution in [2.24, 2.45) is 0 Å². The number of aromatic nitrogens is 5. The van der Waals surface area contributed by atoms with Gasteiger partial charge in [-0.2, -0.15) is 5.10 Å². The molecule has 8 nitrogen and oxygen atoms in total. The average Bonchev–Trinajstić information content (AvgIpc) is 3.38. The topological polar surface area (TPSA) is 91.7 Å². The monoisotopic (exact) mass is 402 g/mol. The second-order valence-electron chi connectivity index (χ2n) is 6.23. The highest BCUT2D eigenvalue weighted by atomic mass is 32.2. The molecule has 0 spiro atoms. The van der Waals surface area contributed by atoms with Crippen molar-refractivity contribution in [3.05, 3.63) is 51.0 Å². The number of thiophene rings is 1. The highest BCUT2D eigenvalue weighted by molar-refractivity contribution is 7.98. The van der Waals surface area contributed by atoms with Crippen LogP contribution in [0, 0.1) is 10.1 Å². The molecule has 3 aromatic heterocycles. The molecule has 3 heterocycles. The number of aryl methyl sites for hydroxylation is 1. The van der Waals surface area contributed by atoms with E-state index in [2.05, 4.69) is 27.3 Å². The van der Waals surface area contributed by atoms with E-state index in [9.17, 15) is 10.1 Å². The maximum atomic E-state index is 10.8. The Labute approximate surface area is 164 Å². The summed E-state index contributed by atoms with van der Waals surface area (Å²) >= 11 is 3.25. The molecule has 0 bridgehead atoms. The number of allylic oxidation sites excluding steroid dienone is 1. The van der Waals surface area contributed by atoms with Gasteiger partial charge in [0.25, 0.3) is 0 Å². The minimum Gasteiger partial charge on any atom is -0.298 e. The lowest BCUT2D eigenvalue weighted by Crippen LogP contribution is -2.04. The second kappa shape index (κ2) is 7.65. The number of hydrogen-bond acceptors (Lipinski definition) is 7. The summed E-state index contributed by atoms with van der Waals surface area (Å²) in [6.07, 6.45) is 9.20. The molecule has 0 unspecified atom stereocenters. The smallest absolute Gasteiger partial charge is 0.298 e. The Hall–Kier alpha value is -2.46. The van der Waals surface area contributed by atoms with E-state index in [1.165, 1.54) is 57.7 Å². The van der Waals surface area contributed by atoms with Gasteiger partial charge in [-0.3, -0.25) is 19.4 Å². The van der Waals surface area contributed by atoms with Crippen molar-refractivity contribution in [3.8, 4) is 11.4 Å². The Morgan fingerprint density at radius 2 is 2.22 bits per heavy atom. The third-order valence-corrected chi connectivity index (χ3v) is 6.53. The Bertz CT molecular complexity index is 990. The molecule has 0 N–H and O–H groups in total. The molecule has 1 aliphatic rings. The van der Waals surface area contributed by atoms with Gasteiger partial charge in [0.2, 0.25) is 0 Å². The first kappa shape index (κ1) is 17.9. The standard InChI is InChI=1S/C17H18N6O2S2/c1-2-7-22-16(14-10-26-15-6-4-3-5-13(14)15)19-20-17(22)27-11-21-9-12(8-18-21)23(24)25/h2,8-10H,1,3-7,11H2. The summed E-state index contributed by atoms with van der Waals surface area (Å²) in [7, 11) is 0. The van der Waals surface area contributed by atoms with Crippen molar-refractivity contribution >= 4 is 28.8 Å². The maximum Gasteiger partial charge on any atom is 0.307 e. The van der Waals surface area contributed by atoms with E-state index in [-0.39, 0.29) is 5.69 Å². The highest BCUT2D eigenvalue weighted by Crippen LogP contribution is 2.37. The molecule has 10 heteroatoms. The first-order valence-corrected chi connectivity index (χ1v) is 10.5. The van der Waals surface area contributed by atoms with Crippen molar-refractivity contribution < 1.29 is 4.92 Å². The van der Waals surface area contributed by atoms with Gasteiger partial charge in [0.05, 0.1) is 10.8 Å². The van der Waals surface area contributed by atoms with Gasteiger partial charge in [0.15, 0.2) is 11.0 Å². The molecule has 0 aromatic carbocycles. The average molecular weight is 403 g/mol. The van der Waals surface area contributed by atoms with Gasteiger partial charge in [-0.25, -0.2) is 0 Å². The van der Waals surface area contributed by atoms with Crippen LogP contribution in [-0.4, -0.2) is 29.5 Å². The summed E-state index contributed by atoms with van der Waals surface area (Å²) in [5.74, 6) is 1.29. The second-order valence-corrected chi connectivity index (χ2v) is 8.11.